The Balaban J connectivity index is 2.48. The van der Waals surface area contributed by atoms with Crippen LogP contribution in [0.25, 0.3) is 5.82 Å². The smallest absolute Gasteiger partial charge is 0.159 e. The van der Waals surface area contributed by atoms with Crippen molar-refractivity contribution in [2.24, 2.45) is 0 Å². The van der Waals surface area contributed by atoms with Gasteiger partial charge in [-0.2, -0.15) is 5.10 Å². The molecule has 0 saturated carbocycles. The molecule has 6 nitrogen and oxygen atoms in total. The lowest BCUT2D eigenvalue weighted by Crippen LogP contribution is -2.10. The molecule has 2 aromatic heterocycles. The number of hydrogen-bond donors (Lipinski definition) is 1. The molecule has 0 aliphatic carbocycles. The van der Waals surface area contributed by atoms with Crippen molar-refractivity contribution in [1.82, 2.24) is 19.7 Å². The monoisotopic (exact) mass is 289 g/mol. The second-order valence-electron chi connectivity index (χ2n) is 4.74. The Kier molecular flexibility index (Phi) is 5.27. The lowest BCUT2D eigenvalue weighted by atomic mass is 10.2. The zero-order valence-electron chi connectivity index (χ0n) is 13.2. The largest absolute Gasteiger partial charge is 0.377 e. The zero-order valence-corrected chi connectivity index (χ0v) is 13.2. The predicted molar refractivity (Wildman–Crippen MR) is 82.8 cm³/mol. The Labute approximate surface area is 125 Å². The maximum atomic E-state index is 5.15. The van der Waals surface area contributed by atoms with Gasteiger partial charge in [0.1, 0.15) is 12.4 Å². The number of nitrogens with one attached hydrogen (secondary N) is 1. The van der Waals surface area contributed by atoms with Crippen molar-refractivity contribution in [2.75, 3.05) is 19.0 Å². The average molecular weight is 289 g/mol. The molecule has 0 radical (unpaired) electrons. The molecule has 1 N–H and O–H groups in total. The highest BCUT2D eigenvalue weighted by Gasteiger charge is 2.11. The summed E-state index contributed by atoms with van der Waals surface area (Å²) in [6.45, 7) is 7.46. The van der Waals surface area contributed by atoms with Gasteiger partial charge in [-0.1, -0.05) is 13.8 Å². The third kappa shape index (κ3) is 3.58. The number of rotatable bonds is 7. The topological polar surface area (TPSA) is 64.9 Å². The van der Waals surface area contributed by atoms with E-state index in [-0.39, 0.29) is 0 Å². The van der Waals surface area contributed by atoms with E-state index in [9.17, 15) is 0 Å². The fourth-order valence-electron chi connectivity index (χ4n) is 2.15. The lowest BCUT2D eigenvalue weighted by Gasteiger charge is -2.10. The van der Waals surface area contributed by atoms with Crippen molar-refractivity contribution >= 4 is 5.82 Å². The highest BCUT2D eigenvalue weighted by atomic mass is 16.5. The Hall–Kier alpha value is -1.95. The summed E-state index contributed by atoms with van der Waals surface area (Å²) in [4.78, 5) is 8.99. The summed E-state index contributed by atoms with van der Waals surface area (Å²) >= 11 is 0. The highest BCUT2D eigenvalue weighted by molar-refractivity contribution is 5.42. The molecule has 0 saturated heterocycles. The number of aryl methyl sites for hydroxylation is 2. The van der Waals surface area contributed by atoms with Crippen LogP contribution in [0.5, 0.6) is 0 Å². The van der Waals surface area contributed by atoms with Gasteiger partial charge in [-0.05, 0) is 25.8 Å². The molecule has 0 atom stereocenters. The van der Waals surface area contributed by atoms with E-state index in [0.29, 0.717) is 12.4 Å². The number of hydrogen-bond acceptors (Lipinski definition) is 5. The van der Waals surface area contributed by atoms with E-state index in [1.165, 1.54) is 0 Å². The van der Waals surface area contributed by atoms with Gasteiger partial charge in [0.15, 0.2) is 11.6 Å². The first-order valence-electron chi connectivity index (χ1n) is 7.40. The number of nitrogens with zero attached hydrogens (tertiary/aromatic N) is 4. The van der Waals surface area contributed by atoms with Gasteiger partial charge in [0.05, 0.1) is 5.69 Å². The van der Waals surface area contributed by atoms with Crippen LogP contribution in [0.3, 0.4) is 0 Å². The normalized spacial score (nSPS) is 10.9. The van der Waals surface area contributed by atoms with Gasteiger partial charge in [0.2, 0.25) is 0 Å². The van der Waals surface area contributed by atoms with Crippen LogP contribution in [0.4, 0.5) is 5.82 Å². The van der Waals surface area contributed by atoms with Crippen molar-refractivity contribution < 1.29 is 4.74 Å². The highest BCUT2D eigenvalue weighted by Crippen LogP contribution is 2.16. The molecule has 21 heavy (non-hydrogen) atoms. The third-order valence-corrected chi connectivity index (χ3v) is 3.17. The molecule has 0 aliphatic heterocycles. The number of anilines is 1. The molecule has 2 heterocycles. The van der Waals surface area contributed by atoms with Crippen molar-refractivity contribution in [2.45, 2.75) is 40.2 Å². The molecule has 6 heteroatoms. The van der Waals surface area contributed by atoms with Crippen LogP contribution in [0.2, 0.25) is 0 Å². The van der Waals surface area contributed by atoms with E-state index >= 15 is 0 Å². The van der Waals surface area contributed by atoms with E-state index in [1.54, 1.807) is 7.11 Å². The average Bonchev–Trinajstić information content (AvgIpc) is 2.91. The van der Waals surface area contributed by atoms with Gasteiger partial charge in [0, 0.05) is 25.4 Å². The van der Waals surface area contributed by atoms with Crippen LogP contribution in [0.1, 0.15) is 38.0 Å². The van der Waals surface area contributed by atoms with E-state index < -0.39 is 0 Å². The quantitative estimate of drug-likeness (QED) is 0.847. The number of ether oxygens (including phenoxy) is 1. The van der Waals surface area contributed by atoms with Gasteiger partial charge in [-0.3, -0.25) is 0 Å². The Morgan fingerprint density at radius 1 is 1.14 bits per heavy atom. The fourth-order valence-corrected chi connectivity index (χ4v) is 2.15. The zero-order chi connectivity index (χ0) is 15.2. The van der Waals surface area contributed by atoms with Crippen LogP contribution in [0, 0.1) is 0 Å². The molecule has 0 unspecified atom stereocenters. The summed E-state index contributed by atoms with van der Waals surface area (Å²) in [5.41, 5.74) is 2.22. The summed E-state index contributed by atoms with van der Waals surface area (Å²) in [7, 11) is 1.64. The Bertz CT molecular complexity index is 569. The van der Waals surface area contributed by atoms with Crippen LogP contribution in [-0.4, -0.2) is 33.4 Å². The molecule has 0 bridgehead atoms. The maximum absolute atomic E-state index is 5.15. The van der Waals surface area contributed by atoms with Gasteiger partial charge in [-0.25, -0.2) is 14.6 Å². The summed E-state index contributed by atoms with van der Waals surface area (Å²) < 4.78 is 7.06. The van der Waals surface area contributed by atoms with Crippen LogP contribution in [-0.2, 0) is 24.2 Å². The second-order valence-corrected chi connectivity index (χ2v) is 4.74. The molecular weight excluding hydrogens is 266 g/mol. The van der Waals surface area contributed by atoms with E-state index in [4.69, 9.17) is 4.74 Å². The van der Waals surface area contributed by atoms with Gasteiger partial charge in [0.25, 0.3) is 0 Å². The predicted octanol–water partition coefficient (Wildman–Crippen LogP) is 2.37. The summed E-state index contributed by atoms with van der Waals surface area (Å²) in [6, 6.07) is 4.05. The van der Waals surface area contributed by atoms with E-state index in [1.807, 2.05) is 17.7 Å². The van der Waals surface area contributed by atoms with Crippen molar-refractivity contribution in [3.05, 3.63) is 29.3 Å². The lowest BCUT2D eigenvalue weighted by molar-refractivity contribution is 0.178. The Morgan fingerprint density at radius 2 is 1.95 bits per heavy atom. The molecule has 0 amide bonds. The number of aromatic nitrogens is 4. The van der Waals surface area contributed by atoms with Crippen LogP contribution in [0.15, 0.2) is 12.1 Å². The minimum absolute atomic E-state index is 0.385. The summed E-state index contributed by atoms with van der Waals surface area (Å²) in [5, 5.41) is 7.86. The summed E-state index contributed by atoms with van der Waals surface area (Å²) in [6.07, 6.45) is 1.82. The second kappa shape index (κ2) is 7.17. The van der Waals surface area contributed by atoms with Gasteiger partial charge >= 0.3 is 0 Å². The standard InChI is InChI=1S/C15H23N5O/c1-5-11-8-12(6-2)20(19-11)15-9-13(16-7-3)17-14(18-15)10-21-4/h8-9H,5-7,10H2,1-4H3,(H,16,17,18). The number of methoxy groups -OCH3 is 1. The molecule has 0 aromatic carbocycles. The van der Waals surface area contributed by atoms with Crippen molar-refractivity contribution in [3.8, 4) is 5.82 Å². The van der Waals surface area contributed by atoms with E-state index in [0.717, 1.165) is 42.4 Å². The van der Waals surface area contributed by atoms with Crippen LogP contribution >= 0.6 is 0 Å². The van der Waals surface area contributed by atoms with Crippen molar-refractivity contribution in [1.29, 1.82) is 0 Å². The first-order chi connectivity index (χ1) is 10.2. The first-order valence-corrected chi connectivity index (χ1v) is 7.40. The summed E-state index contributed by atoms with van der Waals surface area (Å²) in [5.74, 6) is 2.23. The van der Waals surface area contributed by atoms with Crippen molar-refractivity contribution in [3.63, 3.8) is 0 Å². The molecule has 0 aliphatic rings. The van der Waals surface area contributed by atoms with Gasteiger partial charge in [-0.15, -0.1) is 0 Å². The first kappa shape index (κ1) is 15.4. The minimum atomic E-state index is 0.385. The van der Waals surface area contributed by atoms with Gasteiger partial charge < -0.3 is 10.1 Å². The van der Waals surface area contributed by atoms with E-state index in [2.05, 4.69) is 40.3 Å². The Morgan fingerprint density at radius 3 is 2.57 bits per heavy atom. The minimum Gasteiger partial charge on any atom is -0.377 e. The van der Waals surface area contributed by atoms with Crippen LogP contribution < -0.4 is 5.32 Å². The maximum Gasteiger partial charge on any atom is 0.159 e. The molecule has 2 rings (SSSR count). The third-order valence-electron chi connectivity index (χ3n) is 3.17. The molecule has 0 fully saturated rings. The molecular formula is C15H23N5O. The SMILES string of the molecule is CCNc1cc(-n2nc(CC)cc2CC)nc(COC)n1. The fraction of sp³-hybridized carbons (Fsp3) is 0.533. The molecule has 114 valence electrons. The molecule has 0 spiro atoms. The molecule has 2 aromatic rings.